The van der Waals surface area contributed by atoms with E-state index in [0.29, 0.717) is 11.1 Å². The van der Waals surface area contributed by atoms with Gasteiger partial charge in [-0.3, -0.25) is 4.79 Å². The van der Waals surface area contributed by atoms with Gasteiger partial charge in [-0.15, -0.1) is 0 Å². The molecule has 1 amide bonds. The molecule has 0 atom stereocenters. The number of benzene rings is 2. The summed E-state index contributed by atoms with van der Waals surface area (Å²) in [5.74, 6) is -0.296. The SMILES string of the molecule is CNS(=O)(=O)c1ccc(/C=C/C(=O)NCc2ccc(OCC(F)(F)F)cc2)cc1. The van der Waals surface area contributed by atoms with Crippen LogP contribution in [-0.4, -0.2) is 34.2 Å². The number of carbonyl (C=O) groups excluding carboxylic acids is 1. The van der Waals surface area contributed by atoms with Crippen molar-refractivity contribution in [2.45, 2.75) is 17.6 Å². The van der Waals surface area contributed by atoms with Crippen LogP contribution in [0.4, 0.5) is 13.2 Å². The predicted octanol–water partition coefficient (Wildman–Crippen LogP) is 2.87. The van der Waals surface area contributed by atoms with E-state index in [-0.39, 0.29) is 23.1 Å². The van der Waals surface area contributed by atoms with E-state index in [1.807, 2.05) is 0 Å². The zero-order chi connectivity index (χ0) is 21.5. The highest BCUT2D eigenvalue weighted by atomic mass is 32.2. The fraction of sp³-hybridized carbons (Fsp3) is 0.211. The van der Waals surface area contributed by atoms with Gasteiger partial charge in [0, 0.05) is 12.6 Å². The molecule has 0 unspecified atom stereocenters. The number of hydrogen-bond donors (Lipinski definition) is 2. The number of rotatable bonds is 8. The number of ether oxygens (including phenoxy) is 1. The highest BCUT2D eigenvalue weighted by Crippen LogP contribution is 2.18. The molecule has 2 aromatic carbocycles. The highest BCUT2D eigenvalue weighted by Gasteiger charge is 2.28. The third kappa shape index (κ3) is 7.59. The number of amides is 1. The quantitative estimate of drug-likeness (QED) is 0.634. The van der Waals surface area contributed by atoms with Gasteiger partial charge in [0.1, 0.15) is 5.75 Å². The van der Waals surface area contributed by atoms with Crippen molar-refractivity contribution in [3.8, 4) is 5.75 Å². The van der Waals surface area contributed by atoms with Gasteiger partial charge in [-0.2, -0.15) is 13.2 Å². The topological polar surface area (TPSA) is 84.5 Å². The van der Waals surface area contributed by atoms with Gasteiger partial charge in [0.25, 0.3) is 0 Å². The predicted molar refractivity (Wildman–Crippen MR) is 102 cm³/mol. The number of hydrogen-bond acceptors (Lipinski definition) is 4. The molecular weight excluding hydrogens is 409 g/mol. The van der Waals surface area contributed by atoms with Crippen LogP contribution in [0.3, 0.4) is 0 Å². The molecule has 0 heterocycles. The highest BCUT2D eigenvalue weighted by molar-refractivity contribution is 7.89. The molecule has 6 nitrogen and oxygen atoms in total. The minimum Gasteiger partial charge on any atom is -0.484 e. The van der Waals surface area contributed by atoms with Crippen LogP contribution in [0, 0.1) is 0 Å². The molecule has 156 valence electrons. The van der Waals surface area contributed by atoms with E-state index in [2.05, 4.69) is 14.8 Å². The molecule has 0 saturated carbocycles. The normalized spacial score (nSPS) is 12.1. The van der Waals surface area contributed by atoms with Crippen LogP contribution in [0.1, 0.15) is 11.1 Å². The fourth-order valence-corrected chi connectivity index (χ4v) is 2.89. The molecule has 0 fully saturated rings. The van der Waals surface area contributed by atoms with Gasteiger partial charge in [0.15, 0.2) is 6.61 Å². The van der Waals surface area contributed by atoms with Crippen molar-refractivity contribution in [1.82, 2.24) is 10.0 Å². The Morgan fingerprint density at radius 2 is 1.69 bits per heavy atom. The molecule has 0 spiro atoms. The molecular formula is C19H19F3N2O4S. The summed E-state index contributed by atoms with van der Waals surface area (Å²) in [6.07, 6.45) is -1.58. The molecule has 2 rings (SSSR count). The van der Waals surface area contributed by atoms with E-state index < -0.39 is 22.8 Å². The van der Waals surface area contributed by atoms with Gasteiger partial charge >= 0.3 is 6.18 Å². The lowest BCUT2D eigenvalue weighted by atomic mass is 10.2. The Hall–Kier alpha value is -2.85. The van der Waals surface area contributed by atoms with Crippen LogP contribution < -0.4 is 14.8 Å². The van der Waals surface area contributed by atoms with E-state index in [9.17, 15) is 26.4 Å². The molecule has 0 saturated heterocycles. The van der Waals surface area contributed by atoms with Gasteiger partial charge in [0.2, 0.25) is 15.9 Å². The first kappa shape index (κ1) is 22.4. The summed E-state index contributed by atoms with van der Waals surface area (Å²) in [6, 6.07) is 11.9. The first-order chi connectivity index (χ1) is 13.6. The maximum atomic E-state index is 12.1. The lowest BCUT2D eigenvalue weighted by molar-refractivity contribution is -0.153. The summed E-state index contributed by atoms with van der Waals surface area (Å²) in [4.78, 5) is 12.0. The summed E-state index contributed by atoms with van der Waals surface area (Å²) in [5.41, 5.74) is 1.33. The van der Waals surface area contributed by atoms with Crippen molar-refractivity contribution < 1.29 is 31.1 Å². The average Bonchev–Trinajstić information content (AvgIpc) is 2.69. The van der Waals surface area contributed by atoms with Crippen molar-refractivity contribution in [3.63, 3.8) is 0 Å². The van der Waals surface area contributed by atoms with Gasteiger partial charge in [-0.1, -0.05) is 24.3 Å². The molecule has 0 aliphatic carbocycles. The molecule has 0 aliphatic heterocycles. The maximum absolute atomic E-state index is 12.1. The Bertz CT molecular complexity index is 954. The zero-order valence-corrected chi connectivity index (χ0v) is 16.2. The van der Waals surface area contributed by atoms with Gasteiger partial charge in [0.05, 0.1) is 4.90 Å². The van der Waals surface area contributed by atoms with Crippen LogP contribution in [0.25, 0.3) is 6.08 Å². The molecule has 29 heavy (non-hydrogen) atoms. The number of alkyl halides is 3. The van der Waals surface area contributed by atoms with Crippen molar-refractivity contribution in [3.05, 3.63) is 65.7 Å². The minimum absolute atomic E-state index is 0.0843. The second-order valence-corrected chi connectivity index (χ2v) is 7.76. The summed E-state index contributed by atoms with van der Waals surface area (Å²) in [5, 5.41) is 2.64. The van der Waals surface area contributed by atoms with Crippen molar-refractivity contribution in [1.29, 1.82) is 0 Å². The van der Waals surface area contributed by atoms with Crippen molar-refractivity contribution in [2.75, 3.05) is 13.7 Å². The van der Waals surface area contributed by atoms with E-state index in [0.717, 1.165) is 0 Å². The number of halogens is 3. The molecule has 0 bridgehead atoms. The number of nitrogens with one attached hydrogen (secondary N) is 2. The summed E-state index contributed by atoms with van der Waals surface area (Å²) >= 11 is 0. The minimum atomic E-state index is -4.40. The van der Waals surface area contributed by atoms with E-state index in [1.165, 1.54) is 43.5 Å². The molecule has 0 aromatic heterocycles. The third-order valence-electron chi connectivity index (χ3n) is 3.68. The number of carbonyl (C=O) groups is 1. The Labute approximate surface area is 166 Å². The second kappa shape index (κ2) is 9.57. The first-order valence-electron chi connectivity index (χ1n) is 8.37. The Morgan fingerprint density at radius 3 is 2.24 bits per heavy atom. The average molecular weight is 428 g/mol. The Morgan fingerprint density at radius 1 is 1.07 bits per heavy atom. The molecule has 0 radical (unpaired) electrons. The van der Waals surface area contributed by atoms with Crippen LogP contribution in [0.15, 0.2) is 59.5 Å². The largest absolute Gasteiger partial charge is 0.484 e. The molecule has 2 N–H and O–H groups in total. The maximum Gasteiger partial charge on any atom is 0.422 e. The summed E-state index contributed by atoms with van der Waals surface area (Å²) in [7, 11) is -2.20. The standard InChI is InChI=1S/C19H19F3N2O4S/c1-23-29(26,27)17-9-4-14(5-10-17)6-11-18(25)24-12-15-2-7-16(8-3-15)28-13-19(20,21)22/h2-11,23H,12-13H2,1H3,(H,24,25)/b11-6+. The lowest BCUT2D eigenvalue weighted by Gasteiger charge is -2.09. The van der Waals surface area contributed by atoms with Gasteiger partial charge in [-0.25, -0.2) is 13.1 Å². The number of sulfonamides is 1. The van der Waals surface area contributed by atoms with Gasteiger partial charge < -0.3 is 10.1 Å². The monoisotopic (exact) mass is 428 g/mol. The zero-order valence-electron chi connectivity index (χ0n) is 15.4. The van der Waals surface area contributed by atoms with Crippen LogP contribution in [0.2, 0.25) is 0 Å². The van der Waals surface area contributed by atoms with E-state index in [1.54, 1.807) is 24.3 Å². The van der Waals surface area contributed by atoms with Crippen LogP contribution in [0.5, 0.6) is 5.75 Å². The van der Waals surface area contributed by atoms with Crippen molar-refractivity contribution in [2.24, 2.45) is 0 Å². The lowest BCUT2D eigenvalue weighted by Crippen LogP contribution is -2.20. The fourth-order valence-electron chi connectivity index (χ4n) is 2.16. The molecule has 0 aliphatic rings. The Balaban J connectivity index is 1.85. The summed E-state index contributed by atoms with van der Waals surface area (Å²) in [6.45, 7) is -1.18. The van der Waals surface area contributed by atoms with E-state index in [4.69, 9.17) is 0 Å². The Kier molecular flexibility index (Phi) is 7.40. The smallest absolute Gasteiger partial charge is 0.422 e. The first-order valence-corrected chi connectivity index (χ1v) is 9.85. The summed E-state index contributed by atoms with van der Waals surface area (Å²) < 4.78 is 66.4. The third-order valence-corrected chi connectivity index (χ3v) is 5.11. The van der Waals surface area contributed by atoms with Crippen molar-refractivity contribution >= 4 is 22.0 Å². The molecule has 2 aromatic rings. The van der Waals surface area contributed by atoms with Gasteiger partial charge in [-0.05, 0) is 48.5 Å². The van der Waals surface area contributed by atoms with Crippen LogP contribution in [-0.2, 0) is 21.4 Å². The second-order valence-electron chi connectivity index (χ2n) is 5.88. The molecule has 10 heteroatoms. The van der Waals surface area contributed by atoms with E-state index >= 15 is 0 Å². The van der Waals surface area contributed by atoms with Crippen LogP contribution >= 0.6 is 0 Å².